The van der Waals surface area contributed by atoms with Gasteiger partial charge in [0.1, 0.15) is 0 Å². The van der Waals surface area contributed by atoms with Crippen molar-refractivity contribution in [3.63, 3.8) is 0 Å². The molecule has 0 fully saturated rings. The maximum absolute atomic E-state index is 12.7. The van der Waals surface area contributed by atoms with Crippen molar-refractivity contribution >= 4 is 27.9 Å². The van der Waals surface area contributed by atoms with E-state index in [1.165, 1.54) is 21.3 Å². The molecule has 0 aromatic heterocycles. The fourth-order valence-electron chi connectivity index (χ4n) is 3.09. The fraction of sp³-hybridized carbons (Fsp3) is 0.167. The molecule has 0 aliphatic rings. The molecule has 0 heterocycles. The molecule has 0 bridgehead atoms. The van der Waals surface area contributed by atoms with Crippen molar-refractivity contribution < 1.29 is 35.8 Å². The summed E-state index contributed by atoms with van der Waals surface area (Å²) in [5.74, 6) is 1.50. The number of benzene rings is 3. The molecule has 180 valence electrons. The molecule has 0 saturated heterocycles. The van der Waals surface area contributed by atoms with Crippen LogP contribution in [0.3, 0.4) is 0 Å². The summed E-state index contributed by atoms with van der Waals surface area (Å²) < 4.78 is 81.4. The van der Waals surface area contributed by atoms with Crippen LogP contribution in [0.4, 0.5) is 18.9 Å². The van der Waals surface area contributed by atoms with Crippen molar-refractivity contribution in [2.24, 2.45) is 0 Å². The average molecular weight is 494 g/mol. The smallest absolute Gasteiger partial charge is 0.416 e. The molecule has 0 unspecified atom stereocenters. The molecule has 0 atom stereocenters. The van der Waals surface area contributed by atoms with Crippen molar-refractivity contribution in [2.45, 2.75) is 11.1 Å². The number of alkyl halides is 3. The minimum Gasteiger partial charge on any atom is -0.493 e. The zero-order valence-electron chi connectivity index (χ0n) is 18.5. The van der Waals surface area contributed by atoms with E-state index in [4.69, 9.17) is 14.2 Å². The quantitative estimate of drug-likeness (QED) is 0.408. The number of nitrogens with one attached hydrogen (secondary N) is 1. The van der Waals surface area contributed by atoms with Crippen molar-refractivity contribution in [2.75, 3.05) is 26.1 Å². The Balaban J connectivity index is 1.75. The van der Waals surface area contributed by atoms with Gasteiger partial charge in [-0.2, -0.15) is 13.2 Å². The third-order valence-electron chi connectivity index (χ3n) is 4.81. The van der Waals surface area contributed by atoms with Crippen LogP contribution in [0.5, 0.6) is 17.2 Å². The maximum Gasteiger partial charge on any atom is 0.416 e. The summed E-state index contributed by atoms with van der Waals surface area (Å²) >= 11 is 0. The van der Waals surface area contributed by atoms with Crippen LogP contribution in [0.2, 0.25) is 0 Å². The zero-order chi connectivity index (χ0) is 24.9. The van der Waals surface area contributed by atoms with Gasteiger partial charge in [-0.15, -0.1) is 0 Å². The molecular formula is C24H22F3NO5S. The van der Waals surface area contributed by atoms with Gasteiger partial charge in [-0.3, -0.25) is 4.72 Å². The lowest BCUT2D eigenvalue weighted by Crippen LogP contribution is -2.13. The van der Waals surface area contributed by atoms with Crippen molar-refractivity contribution in [3.05, 3.63) is 77.4 Å². The largest absolute Gasteiger partial charge is 0.493 e. The second-order valence-electron chi connectivity index (χ2n) is 7.04. The standard InChI is InChI=1S/C24H22F3NO5S/c1-31-21-14-17(15-22(32-2)23(21)33-3)5-4-16-6-10-19(11-7-16)28-34(29,30)20-12-8-18(9-13-20)24(25,26)27/h4-15,28H,1-3H3. The number of hydrogen-bond acceptors (Lipinski definition) is 5. The molecule has 1 N–H and O–H groups in total. The Labute approximate surface area is 195 Å². The number of anilines is 1. The minimum absolute atomic E-state index is 0.268. The molecule has 3 rings (SSSR count). The van der Waals surface area contributed by atoms with Crippen LogP contribution >= 0.6 is 0 Å². The first kappa shape index (κ1) is 25.0. The summed E-state index contributed by atoms with van der Waals surface area (Å²) in [6, 6.07) is 13.3. The molecule has 3 aromatic carbocycles. The highest BCUT2D eigenvalue weighted by Crippen LogP contribution is 2.38. The van der Waals surface area contributed by atoms with E-state index in [9.17, 15) is 21.6 Å². The molecule has 0 aliphatic heterocycles. The van der Waals surface area contributed by atoms with Gasteiger partial charge in [0.05, 0.1) is 31.8 Å². The number of sulfonamides is 1. The molecule has 0 spiro atoms. The van der Waals surface area contributed by atoms with Gasteiger partial charge < -0.3 is 14.2 Å². The van der Waals surface area contributed by atoms with E-state index >= 15 is 0 Å². The Morgan fingerprint density at radius 2 is 1.29 bits per heavy atom. The van der Waals surface area contributed by atoms with Crippen LogP contribution < -0.4 is 18.9 Å². The third kappa shape index (κ3) is 5.82. The summed E-state index contributed by atoms with van der Waals surface area (Å²) in [5, 5.41) is 0. The first-order valence-corrected chi connectivity index (χ1v) is 11.3. The molecule has 6 nitrogen and oxygen atoms in total. The predicted molar refractivity (Wildman–Crippen MR) is 124 cm³/mol. The lowest BCUT2D eigenvalue weighted by Gasteiger charge is -2.12. The summed E-state index contributed by atoms with van der Waals surface area (Å²) in [5.41, 5.74) is 0.923. The highest BCUT2D eigenvalue weighted by atomic mass is 32.2. The van der Waals surface area contributed by atoms with Crippen LogP contribution in [0.25, 0.3) is 12.2 Å². The average Bonchev–Trinajstić information content (AvgIpc) is 2.82. The molecule has 0 amide bonds. The number of halogens is 3. The fourth-order valence-corrected chi connectivity index (χ4v) is 4.15. The number of hydrogen-bond donors (Lipinski definition) is 1. The van der Waals surface area contributed by atoms with Gasteiger partial charge in [0, 0.05) is 5.69 Å². The van der Waals surface area contributed by atoms with Crippen molar-refractivity contribution in [1.82, 2.24) is 0 Å². The van der Waals surface area contributed by atoms with Crippen LogP contribution in [-0.4, -0.2) is 29.7 Å². The lowest BCUT2D eigenvalue weighted by molar-refractivity contribution is -0.137. The molecule has 0 aliphatic carbocycles. The minimum atomic E-state index is -4.54. The van der Waals surface area contributed by atoms with Gasteiger partial charge in [0.2, 0.25) is 5.75 Å². The summed E-state index contributed by atoms with van der Waals surface area (Å²) in [6.07, 6.45) is -0.901. The highest BCUT2D eigenvalue weighted by Gasteiger charge is 2.30. The Bertz CT molecular complexity index is 1240. The Kier molecular flexibility index (Phi) is 7.41. The van der Waals surface area contributed by atoms with Crippen LogP contribution in [0.1, 0.15) is 16.7 Å². The van der Waals surface area contributed by atoms with E-state index in [0.717, 1.165) is 35.4 Å². The third-order valence-corrected chi connectivity index (χ3v) is 6.21. The molecule has 34 heavy (non-hydrogen) atoms. The number of methoxy groups -OCH3 is 3. The van der Waals surface area contributed by atoms with E-state index in [1.807, 2.05) is 12.2 Å². The number of ether oxygens (including phenoxy) is 3. The van der Waals surface area contributed by atoms with Crippen molar-refractivity contribution in [1.29, 1.82) is 0 Å². The second kappa shape index (κ2) is 10.1. The first-order valence-electron chi connectivity index (χ1n) is 9.85. The normalized spacial score (nSPS) is 11.9. The van der Waals surface area contributed by atoms with Gasteiger partial charge in [0.15, 0.2) is 11.5 Å². The van der Waals surface area contributed by atoms with Gasteiger partial charge >= 0.3 is 6.18 Å². The van der Waals surface area contributed by atoms with Crippen molar-refractivity contribution in [3.8, 4) is 17.2 Å². The molecule has 10 heteroatoms. The molecule has 0 radical (unpaired) electrons. The van der Waals surface area contributed by atoms with E-state index < -0.39 is 21.8 Å². The van der Waals surface area contributed by atoms with E-state index in [2.05, 4.69) is 4.72 Å². The van der Waals surface area contributed by atoms with Gasteiger partial charge in [0.25, 0.3) is 10.0 Å². The van der Waals surface area contributed by atoms with Crippen LogP contribution in [0, 0.1) is 0 Å². The summed E-state index contributed by atoms with van der Waals surface area (Å²) in [7, 11) is 0.522. The monoisotopic (exact) mass is 493 g/mol. The highest BCUT2D eigenvalue weighted by molar-refractivity contribution is 7.92. The van der Waals surface area contributed by atoms with Gasteiger partial charge in [-0.1, -0.05) is 24.3 Å². The van der Waals surface area contributed by atoms with Gasteiger partial charge in [-0.05, 0) is 59.7 Å². The molecular weight excluding hydrogens is 471 g/mol. The molecule has 3 aromatic rings. The predicted octanol–water partition coefficient (Wildman–Crippen LogP) is 5.70. The second-order valence-corrected chi connectivity index (χ2v) is 8.72. The van der Waals surface area contributed by atoms with E-state index in [-0.39, 0.29) is 10.6 Å². The Morgan fingerprint density at radius 3 is 1.76 bits per heavy atom. The maximum atomic E-state index is 12.7. The summed E-state index contributed by atoms with van der Waals surface area (Å²) in [4.78, 5) is -0.271. The number of rotatable bonds is 8. The lowest BCUT2D eigenvalue weighted by atomic mass is 10.1. The van der Waals surface area contributed by atoms with Crippen LogP contribution in [0.15, 0.2) is 65.6 Å². The Morgan fingerprint density at radius 1 is 0.765 bits per heavy atom. The first-order chi connectivity index (χ1) is 16.1. The topological polar surface area (TPSA) is 73.9 Å². The SMILES string of the molecule is COc1cc(C=Cc2ccc(NS(=O)(=O)c3ccc(C(F)(F)F)cc3)cc2)cc(OC)c1OC. The Hall–Kier alpha value is -3.66. The zero-order valence-corrected chi connectivity index (χ0v) is 19.3. The molecule has 0 saturated carbocycles. The van der Waals surface area contributed by atoms with Crippen LogP contribution in [-0.2, 0) is 16.2 Å². The summed E-state index contributed by atoms with van der Waals surface area (Å²) in [6.45, 7) is 0. The van der Waals surface area contributed by atoms with E-state index in [0.29, 0.717) is 17.2 Å². The van der Waals surface area contributed by atoms with Gasteiger partial charge in [-0.25, -0.2) is 8.42 Å². The van der Waals surface area contributed by atoms with E-state index in [1.54, 1.807) is 36.4 Å².